The van der Waals surface area contributed by atoms with Crippen molar-refractivity contribution in [2.24, 2.45) is 5.92 Å². The molecule has 0 spiro atoms. The number of nitrogens with zero attached hydrogens (tertiary/aromatic N) is 1. The number of rotatable bonds is 3. The first-order chi connectivity index (χ1) is 9.18. The van der Waals surface area contributed by atoms with E-state index in [1.807, 2.05) is 23.1 Å². The molecule has 0 aliphatic carbocycles. The molecule has 1 aromatic rings. The van der Waals surface area contributed by atoms with Crippen molar-refractivity contribution in [1.82, 2.24) is 10.2 Å². The highest BCUT2D eigenvalue weighted by Crippen LogP contribution is 2.21. The second-order valence-corrected chi connectivity index (χ2v) is 5.18. The van der Waals surface area contributed by atoms with E-state index in [1.54, 1.807) is 0 Å². The van der Waals surface area contributed by atoms with E-state index in [9.17, 15) is 4.79 Å². The lowest BCUT2D eigenvalue weighted by molar-refractivity contribution is 0.0520. The minimum absolute atomic E-state index is 0.00542. The van der Waals surface area contributed by atoms with Crippen molar-refractivity contribution < 1.29 is 9.53 Å². The molecule has 1 heterocycles. The largest absolute Gasteiger partial charge is 0.378 e. The van der Waals surface area contributed by atoms with Crippen LogP contribution >= 0.6 is 0 Å². The molecule has 0 aromatic heterocycles. The Morgan fingerprint density at radius 2 is 1.84 bits per heavy atom. The van der Waals surface area contributed by atoms with Crippen molar-refractivity contribution in [2.45, 2.75) is 19.9 Å². The van der Waals surface area contributed by atoms with Gasteiger partial charge in [-0.15, -0.1) is 0 Å². The average Bonchev–Trinajstić information content (AvgIpc) is 2.46. The molecule has 1 fully saturated rings. The van der Waals surface area contributed by atoms with Crippen LogP contribution in [-0.4, -0.2) is 37.2 Å². The normalized spacial score (nSPS) is 17.3. The van der Waals surface area contributed by atoms with Crippen LogP contribution in [0, 0.1) is 5.92 Å². The van der Waals surface area contributed by atoms with E-state index in [2.05, 4.69) is 31.3 Å². The highest BCUT2D eigenvalue weighted by atomic mass is 16.5. The van der Waals surface area contributed by atoms with Crippen molar-refractivity contribution in [2.75, 3.05) is 26.3 Å². The maximum atomic E-state index is 12.2. The molecule has 1 aliphatic heterocycles. The monoisotopic (exact) mass is 262 g/mol. The molecule has 0 saturated carbocycles. The molecule has 1 saturated heterocycles. The van der Waals surface area contributed by atoms with Crippen LogP contribution in [0.4, 0.5) is 4.79 Å². The van der Waals surface area contributed by atoms with Gasteiger partial charge in [0.25, 0.3) is 0 Å². The summed E-state index contributed by atoms with van der Waals surface area (Å²) in [5.74, 6) is 0.354. The van der Waals surface area contributed by atoms with Gasteiger partial charge in [0.1, 0.15) is 0 Å². The van der Waals surface area contributed by atoms with Crippen molar-refractivity contribution in [3.8, 4) is 0 Å². The molecule has 4 heteroatoms. The Bertz CT molecular complexity index is 400. The first kappa shape index (κ1) is 13.9. The molecule has 0 radical (unpaired) electrons. The summed E-state index contributed by atoms with van der Waals surface area (Å²) in [6, 6.07) is 10.2. The van der Waals surface area contributed by atoms with Gasteiger partial charge in [-0.05, 0) is 11.5 Å². The summed E-state index contributed by atoms with van der Waals surface area (Å²) in [5, 5.41) is 3.13. The minimum atomic E-state index is 0.00542. The Kier molecular flexibility index (Phi) is 4.80. The number of morpholine rings is 1. The first-order valence-electron chi connectivity index (χ1n) is 6.86. The molecule has 1 aromatic carbocycles. The third-order valence-corrected chi connectivity index (χ3v) is 3.40. The smallest absolute Gasteiger partial charge is 0.318 e. The molecule has 0 bridgehead atoms. The Hall–Kier alpha value is -1.55. The van der Waals surface area contributed by atoms with Gasteiger partial charge in [-0.25, -0.2) is 4.79 Å². The molecule has 19 heavy (non-hydrogen) atoms. The fraction of sp³-hybridized carbons (Fsp3) is 0.533. The van der Waals surface area contributed by atoms with Gasteiger partial charge in [0.2, 0.25) is 0 Å². The zero-order valence-electron chi connectivity index (χ0n) is 11.6. The van der Waals surface area contributed by atoms with Crippen LogP contribution in [0.1, 0.15) is 25.5 Å². The number of carbonyl (C=O) groups excluding carboxylic acids is 1. The second-order valence-electron chi connectivity index (χ2n) is 5.18. The third kappa shape index (κ3) is 3.70. The summed E-state index contributed by atoms with van der Waals surface area (Å²) in [5.41, 5.74) is 1.15. The van der Waals surface area contributed by atoms with E-state index in [1.165, 1.54) is 0 Å². The van der Waals surface area contributed by atoms with Gasteiger partial charge in [0.15, 0.2) is 0 Å². The number of amides is 2. The van der Waals surface area contributed by atoms with E-state index >= 15 is 0 Å². The van der Waals surface area contributed by atoms with Crippen LogP contribution < -0.4 is 5.32 Å². The SMILES string of the molecule is CC(C)[C@H](NC(=O)N1CCOCC1)c1ccccc1. The van der Waals surface area contributed by atoms with Crippen molar-refractivity contribution >= 4 is 6.03 Å². The topological polar surface area (TPSA) is 41.6 Å². The van der Waals surface area contributed by atoms with Gasteiger partial charge < -0.3 is 15.0 Å². The molecule has 1 N–H and O–H groups in total. The second kappa shape index (κ2) is 6.57. The zero-order chi connectivity index (χ0) is 13.7. The van der Waals surface area contributed by atoms with Gasteiger partial charge in [-0.3, -0.25) is 0 Å². The summed E-state index contributed by atoms with van der Waals surface area (Å²) < 4.78 is 5.27. The highest BCUT2D eigenvalue weighted by Gasteiger charge is 2.22. The molecule has 0 unspecified atom stereocenters. The van der Waals surface area contributed by atoms with E-state index in [0.29, 0.717) is 32.2 Å². The summed E-state index contributed by atoms with van der Waals surface area (Å²) >= 11 is 0. The lowest BCUT2D eigenvalue weighted by Gasteiger charge is -2.30. The first-order valence-corrected chi connectivity index (χ1v) is 6.86. The van der Waals surface area contributed by atoms with Crippen LogP contribution in [0.2, 0.25) is 0 Å². The number of benzene rings is 1. The standard InChI is InChI=1S/C15H22N2O2/c1-12(2)14(13-6-4-3-5-7-13)16-15(18)17-8-10-19-11-9-17/h3-7,12,14H,8-11H2,1-2H3,(H,16,18)/t14-/m0/s1. The van der Waals surface area contributed by atoms with Crippen LogP contribution in [0.3, 0.4) is 0 Å². The number of urea groups is 1. The lowest BCUT2D eigenvalue weighted by Crippen LogP contribution is -2.47. The number of ether oxygens (including phenoxy) is 1. The fourth-order valence-electron chi connectivity index (χ4n) is 2.29. The van der Waals surface area contributed by atoms with E-state index in [0.717, 1.165) is 5.56 Å². The summed E-state index contributed by atoms with van der Waals surface area (Å²) in [7, 11) is 0. The molecule has 2 rings (SSSR count). The molecule has 4 nitrogen and oxygen atoms in total. The Morgan fingerprint density at radius 1 is 1.21 bits per heavy atom. The quantitative estimate of drug-likeness (QED) is 0.909. The van der Waals surface area contributed by atoms with Crippen molar-refractivity contribution in [1.29, 1.82) is 0 Å². The Morgan fingerprint density at radius 3 is 2.42 bits per heavy atom. The Balaban J connectivity index is 2.02. The Labute approximate surface area is 114 Å². The number of hydrogen-bond donors (Lipinski definition) is 1. The van der Waals surface area contributed by atoms with Crippen LogP contribution in [0.5, 0.6) is 0 Å². The van der Waals surface area contributed by atoms with E-state index in [-0.39, 0.29) is 12.1 Å². The third-order valence-electron chi connectivity index (χ3n) is 3.40. The molecule has 2 amide bonds. The number of hydrogen-bond acceptors (Lipinski definition) is 2. The highest BCUT2D eigenvalue weighted by molar-refractivity contribution is 5.74. The maximum absolute atomic E-state index is 12.2. The zero-order valence-corrected chi connectivity index (χ0v) is 11.6. The average molecular weight is 262 g/mol. The molecule has 1 atom stereocenters. The van der Waals surface area contributed by atoms with Crippen LogP contribution in [0.25, 0.3) is 0 Å². The van der Waals surface area contributed by atoms with Crippen LogP contribution in [0.15, 0.2) is 30.3 Å². The molecule has 1 aliphatic rings. The fourth-order valence-corrected chi connectivity index (χ4v) is 2.29. The van der Waals surface area contributed by atoms with Crippen molar-refractivity contribution in [3.63, 3.8) is 0 Å². The summed E-state index contributed by atoms with van der Waals surface area (Å²) in [4.78, 5) is 14.1. The molecular weight excluding hydrogens is 240 g/mol. The molecule has 104 valence electrons. The van der Waals surface area contributed by atoms with E-state index < -0.39 is 0 Å². The summed E-state index contributed by atoms with van der Waals surface area (Å²) in [6.07, 6.45) is 0. The predicted molar refractivity (Wildman–Crippen MR) is 74.9 cm³/mol. The van der Waals surface area contributed by atoms with Gasteiger partial charge in [0, 0.05) is 13.1 Å². The molecular formula is C15H22N2O2. The number of nitrogens with one attached hydrogen (secondary N) is 1. The minimum Gasteiger partial charge on any atom is -0.378 e. The summed E-state index contributed by atoms with van der Waals surface area (Å²) in [6.45, 7) is 6.85. The van der Waals surface area contributed by atoms with E-state index in [4.69, 9.17) is 4.74 Å². The van der Waals surface area contributed by atoms with Gasteiger partial charge in [-0.2, -0.15) is 0 Å². The van der Waals surface area contributed by atoms with Crippen LogP contribution in [-0.2, 0) is 4.74 Å². The lowest BCUT2D eigenvalue weighted by atomic mass is 9.96. The van der Waals surface area contributed by atoms with Gasteiger partial charge in [0.05, 0.1) is 19.3 Å². The maximum Gasteiger partial charge on any atom is 0.318 e. The number of carbonyl (C=O) groups is 1. The van der Waals surface area contributed by atoms with Crippen molar-refractivity contribution in [3.05, 3.63) is 35.9 Å². The predicted octanol–water partition coefficient (Wildman–Crippen LogP) is 2.43. The van der Waals surface area contributed by atoms with Gasteiger partial charge in [-0.1, -0.05) is 44.2 Å². The van der Waals surface area contributed by atoms with Gasteiger partial charge >= 0.3 is 6.03 Å².